The maximum Gasteiger partial charge on any atom is 0.201 e. The van der Waals surface area contributed by atoms with E-state index in [1.54, 1.807) is 6.20 Å². The molecule has 28 heavy (non-hydrogen) atoms. The van der Waals surface area contributed by atoms with Crippen LogP contribution in [-0.4, -0.2) is 11.6 Å². The van der Waals surface area contributed by atoms with Gasteiger partial charge < -0.3 is 4.74 Å². The van der Waals surface area contributed by atoms with Crippen LogP contribution in [0.5, 0.6) is 5.75 Å². The van der Waals surface area contributed by atoms with E-state index in [1.165, 1.54) is 37.0 Å². The van der Waals surface area contributed by atoms with Crippen LogP contribution in [0.1, 0.15) is 75.6 Å². The number of nitrogens with zero attached hydrogens (tertiary/aromatic N) is 1. The van der Waals surface area contributed by atoms with Crippen LogP contribution >= 0.6 is 0 Å². The molecule has 0 saturated carbocycles. The van der Waals surface area contributed by atoms with Crippen LogP contribution in [0.4, 0.5) is 8.78 Å². The zero-order valence-corrected chi connectivity index (χ0v) is 16.9. The third-order valence-corrected chi connectivity index (χ3v) is 4.52. The van der Waals surface area contributed by atoms with Crippen molar-refractivity contribution in [1.29, 1.82) is 0 Å². The van der Waals surface area contributed by atoms with Crippen molar-refractivity contribution >= 4 is 0 Å². The van der Waals surface area contributed by atoms with E-state index in [0.717, 1.165) is 32.1 Å². The lowest BCUT2D eigenvalue weighted by atomic mass is 10.1. The standard InChI is InChI=1S/C24H29F2NO/c1-3-5-7-8-10-19-11-14-21(27-18-19)15-12-20-13-16-22(24(26)23(20)25)28-17-9-6-4-2/h11,13-14,16,18H,3-10,17H2,1-2H3. The summed E-state index contributed by atoms with van der Waals surface area (Å²) in [6, 6.07) is 6.69. The topological polar surface area (TPSA) is 22.1 Å². The molecule has 1 aromatic carbocycles. The molecule has 0 aliphatic carbocycles. The van der Waals surface area contributed by atoms with Gasteiger partial charge in [0, 0.05) is 6.20 Å². The average Bonchev–Trinajstić information content (AvgIpc) is 2.72. The maximum atomic E-state index is 14.2. The first kappa shape index (κ1) is 21.9. The number of ether oxygens (including phenoxy) is 1. The fraction of sp³-hybridized carbons (Fsp3) is 0.458. The summed E-state index contributed by atoms with van der Waals surface area (Å²) in [4.78, 5) is 4.31. The summed E-state index contributed by atoms with van der Waals surface area (Å²) in [7, 11) is 0. The molecular weight excluding hydrogens is 356 g/mol. The monoisotopic (exact) mass is 385 g/mol. The first-order valence-corrected chi connectivity index (χ1v) is 10.2. The quantitative estimate of drug-likeness (QED) is 0.346. The summed E-state index contributed by atoms with van der Waals surface area (Å²) in [5.41, 5.74) is 1.71. The van der Waals surface area contributed by atoms with Gasteiger partial charge in [-0.25, -0.2) is 9.37 Å². The highest BCUT2D eigenvalue weighted by Gasteiger charge is 2.13. The lowest BCUT2D eigenvalue weighted by molar-refractivity contribution is 0.286. The highest BCUT2D eigenvalue weighted by atomic mass is 19.2. The molecule has 0 amide bonds. The Morgan fingerprint density at radius 2 is 1.64 bits per heavy atom. The highest BCUT2D eigenvalue weighted by molar-refractivity contribution is 5.44. The van der Waals surface area contributed by atoms with Gasteiger partial charge >= 0.3 is 0 Å². The van der Waals surface area contributed by atoms with E-state index in [1.807, 2.05) is 12.1 Å². The summed E-state index contributed by atoms with van der Waals surface area (Å²) >= 11 is 0. The molecule has 0 bridgehead atoms. The van der Waals surface area contributed by atoms with Gasteiger partial charge in [-0.1, -0.05) is 57.9 Å². The van der Waals surface area contributed by atoms with Gasteiger partial charge in [-0.15, -0.1) is 0 Å². The molecule has 1 heterocycles. The minimum Gasteiger partial charge on any atom is -0.490 e. The van der Waals surface area contributed by atoms with Gasteiger partial charge in [0.15, 0.2) is 11.6 Å². The van der Waals surface area contributed by atoms with Gasteiger partial charge in [-0.3, -0.25) is 0 Å². The molecule has 0 spiro atoms. The van der Waals surface area contributed by atoms with E-state index in [2.05, 4.69) is 30.7 Å². The summed E-state index contributed by atoms with van der Waals surface area (Å²) in [5.74, 6) is 3.44. The molecule has 0 aliphatic rings. The maximum absolute atomic E-state index is 14.2. The normalized spacial score (nSPS) is 10.4. The minimum absolute atomic E-state index is 0.00357. The van der Waals surface area contributed by atoms with Crippen molar-refractivity contribution in [3.8, 4) is 17.6 Å². The van der Waals surface area contributed by atoms with Gasteiger partial charge in [0.1, 0.15) is 5.69 Å². The first-order valence-electron chi connectivity index (χ1n) is 10.2. The summed E-state index contributed by atoms with van der Waals surface area (Å²) in [6.45, 7) is 4.64. The van der Waals surface area contributed by atoms with Gasteiger partial charge in [-0.2, -0.15) is 4.39 Å². The van der Waals surface area contributed by atoms with Crippen LogP contribution in [0.25, 0.3) is 0 Å². The Morgan fingerprint density at radius 1 is 0.857 bits per heavy atom. The molecule has 2 aromatic rings. The molecule has 0 radical (unpaired) electrons. The number of aromatic nitrogens is 1. The number of benzene rings is 1. The van der Waals surface area contributed by atoms with E-state index >= 15 is 0 Å². The Kier molecular flexibility index (Phi) is 9.48. The third kappa shape index (κ3) is 6.96. The number of pyridine rings is 1. The molecule has 0 atom stereocenters. The molecule has 2 nitrogen and oxygen atoms in total. The number of hydrogen-bond donors (Lipinski definition) is 0. The van der Waals surface area contributed by atoms with Crippen molar-refractivity contribution in [3.63, 3.8) is 0 Å². The fourth-order valence-electron chi connectivity index (χ4n) is 2.81. The third-order valence-electron chi connectivity index (χ3n) is 4.52. The molecule has 0 saturated heterocycles. The van der Waals surface area contributed by atoms with E-state index in [0.29, 0.717) is 12.3 Å². The molecule has 0 unspecified atom stereocenters. The van der Waals surface area contributed by atoms with Gasteiger partial charge in [0.2, 0.25) is 5.82 Å². The lowest BCUT2D eigenvalue weighted by Gasteiger charge is -2.08. The summed E-state index contributed by atoms with van der Waals surface area (Å²) < 4.78 is 33.7. The van der Waals surface area contributed by atoms with E-state index < -0.39 is 11.6 Å². The van der Waals surface area contributed by atoms with E-state index in [9.17, 15) is 8.78 Å². The van der Waals surface area contributed by atoms with Crippen LogP contribution in [0, 0.1) is 23.5 Å². The first-order chi connectivity index (χ1) is 13.7. The number of rotatable bonds is 10. The number of halogens is 2. The average molecular weight is 385 g/mol. The molecule has 1 aromatic heterocycles. The highest BCUT2D eigenvalue weighted by Crippen LogP contribution is 2.22. The van der Waals surface area contributed by atoms with Crippen molar-refractivity contribution in [2.75, 3.05) is 6.61 Å². The minimum atomic E-state index is -0.987. The number of hydrogen-bond acceptors (Lipinski definition) is 2. The second-order valence-corrected chi connectivity index (χ2v) is 6.91. The van der Waals surface area contributed by atoms with Crippen LogP contribution in [0.3, 0.4) is 0 Å². The molecule has 0 fully saturated rings. The van der Waals surface area contributed by atoms with Crippen molar-refractivity contribution in [2.45, 2.75) is 65.2 Å². The smallest absolute Gasteiger partial charge is 0.201 e. The van der Waals surface area contributed by atoms with E-state index in [-0.39, 0.29) is 11.3 Å². The largest absolute Gasteiger partial charge is 0.490 e. The lowest BCUT2D eigenvalue weighted by Crippen LogP contribution is -2.01. The number of unbranched alkanes of at least 4 members (excludes halogenated alkanes) is 5. The predicted octanol–water partition coefficient (Wildman–Crippen LogP) is 6.45. The van der Waals surface area contributed by atoms with Crippen LogP contribution in [0.2, 0.25) is 0 Å². The number of aryl methyl sites for hydroxylation is 1. The second kappa shape index (κ2) is 12.1. The Balaban J connectivity index is 1.98. The molecular formula is C24H29F2NO. The van der Waals surface area contributed by atoms with Gasteiger partial charge in [-0.05, 0) is 48.9 Å². The zero-order chi connectivity index (χ0) is 20.2. The predicted molar refractivity (Wildman–Crippen MR) is 109 cm³/mol. The summed E-state index contributed by atoms with van der Waals surface area (Å²) in [6.07, 6.45) is 10.5. The van der Waals surface area contributed by atoms with Gasteiger partial charge in [0.05, 0.1) is 12.2 Å². The van der Waals surface area contributed by atoms with Crippen molar-refractivity contribution in [3.05, 3.63) is 58.9 Å². The van der Waals surface area contributed by atoms with Crippen LogP contribution in [0.15, 0.2) is 30.5 Å². The second-order valence-electron chi connectivity index (χ2n) is 6.91. The Labute approximate surface area is 167 Å². The van der Waals surface area contributed by atoms with Crippen LogP contribution in [-0.2, 0) is 6.42 Å². The van der Waals surface area contributed by atoms with Crippen molar-refractivity contribution < 1.29 is 13.5 Å². The molecule has 150 valence electrons. The van der Waals surface area contributed by atoms with Crippen LogP contribution < -0.4 is 4.74 Å². The fourth-order valence-corrected chi connectivity index (χ4v) is 2.81. The van der Waals surface area contributed by atoms with Crippen molar-refractivity contribution in [1.82, 2.24) is 4.98 Å². The summed E-state index contributed by atoms with van der Waals surface area (Å²) in [5, 5.41) is 0. The molecule has 4 heteroatoms. The SMILES string of the molecule is CCCCCCc1ccc(C#Cc2ccc(OCCCCC)c(F)c2F)nc1. The molecule has 0 N–H and O–H groups in total. The van der Waals surface area contributed by atoms with E-state index in [4.69, 9.17) is 4.74 Å². The van der Waals surface area contributed by atoms with Crippen molar-refractivity contribution in [2.24, 2.45) is 0 Å². The Hall–Kier alpha value is -2.41. The Bertz CT molecular complexity index is 791. The molecule has 2 rings (SSSR count). The Morgan fingerprint density at radius 3 is 2.36 bits per heavy atom. The molecule has 0 aliphatic heterocycles. The zero-order valence-electron chi connectivity index (χ0n) is 16.9. The van der Waals surface area contributed by atoms with Gasteiger partial charge in [0.25, 0.3) is 0 Å².